The van der Waals surface area contributed by atoms with Gasteiger partial charge in [0, 0.05) is 36.1 Å². The van der Waals surface area contributed by atoms with Crippen LogP contribution in [0, 0.1) is 0 Å². The van der Waals surface area contributed by atoms with Crippen molar-refractivity contribution in [2.24, 2.45) is 0 Å². The largest absolute Gasteiger partial charge is 0.358 e. The van der Waals surface area contributed by atoms with Crippen molar-refractivity contribution in [3.8, 4) is 0 Å². The van der Waals surface area contributed by atoms with Crippen LogP contribution in [0.3, 0.4) is 0 Å². The maximum Gasteiger partial charge on any atom is 0.315 e. The number of nitrogens with one attached hydrogen (secondary N) is 2. The first-order valence-electron chi connectivity index (χ1n) is 8.77. The van der Waals surface area contributed by atoms with E-state index in [2.05, 4.69) is 28.3 Å². The molecule has 1 saturated heterocycles. The van der Waals surface area contributed by atoms with Gasteiger partial charge >= 0.3 is 11.8 Å². The topological polar surface area (TPSA) is 74.3 Å². The smallest absolute Gasteiger partial charge is 0.315 e. The lowest BCUT2D eigenvalue weighted by Crippen LogP contribution is -2.48. The lowest BCUT2D eigenvalue weighted by atomic mass is 9.72. The zero-order chi connectivity index (χ0) is 19.0. The highest BCUT2D eigenvalue weighted by Gasteiger charge is 2.45. The van der Waals surface area contributed by atoms with Crippen molar-refractivity contribution < 1.29 is 9.59 Å². The van der Waals surface area contributed by atoms with Gasteiger partial charge < -0.3 is 15.5 Å². The van der Waals surface area contributed by atoms with Crippen LogP contribution in [0.1, 0.15) is 18.4 Å². The van der Waals surface area contributed by atoms with E-state index >= 15 is 0 Å². The zero-order valence-corrected chi connectivity index (χ0v) is 15.4. The monoisotopic (exact) mass is 382 g/mol. The minimum Gasteiger partial charge on any atom is -0.358 e. The third kappa shape index (κ3) is 3.06. The predicted molar refractivity (Wildman–Crippen MR) is 105 cm³/mol. The summed E-state index contributed by atoms with van der Waals surface area (Å²) in [6, 6.07) is 11.3. The van der Waals surface area contributed by atoms with E-state index in [1.165, 1.54) is 11.8 Å². The van der Waals surface area contributed by atoms with Crippen LogP contribution in [0.5, 0.6) is 0 Å². The fraction of sp³-hybridized carbons (Fsp3) is 0.250. The molecule has 27 heavy (non-hydrogen) atoms. The van der Waals surface area contributed by atoms with Gasteiger partial charge in [0.1, 0.15) is 5.82 Å². The Morgan fingerprint density at radius 1 is 1.19 bits per heavy atom. The van der Waals surface area contributed by atoms with Gasteiger partial charge in [0.15, 0.2) is 0 Å². The number of rotatable bonds is 1. The maximum atomic E-state index is 12.5. The number of halogens is 1. The van der Waals surface area contributed by atoms with Crippen molar-refractivity contribution in [3.05, 3.63) is 65.5 Å². The highest BCUT2D eigenvalue weighted by molar-refractivity contribution is 6.39. The molecule has 7 heteroatoms. The Morgan fingerprint density at radius 3 is 2.63 bits per heavy atom. The number of amides is 2. The number of hydrogen-bond donors (Lipinski definition) is 2. The van der Waals surface area contributed by atoms with Crippen LogP contribution in [0.4, 0.5) is 11.5 Å². The Hall–Kier alpha value is -2.86. The molecule has 138 valence electrons. The summed E-state index contributed by atoms with van der Waals surface area (Å²) in [7, 11) is 0. The number of piperidine rings is 1. The summed E-state index contributed by atoms with van der Waals surface area (Å²) >= 11 is 5.78. The molecule has 1 fully saturated rings. The van der Waals surface area contributed by atoms with Gasteiger partial charge in [-0.1, -0.05) is 36.4 Å². The molecule has 4 rings (SSSR count). The lowest BCUT2D eigenvalue weighted by Gasteiger charge is -2.39. The van der Waals surface area contributed by atoms with Crippen molar-refractivity contribution >= 4 is 34.9 Å². The SMILES string of the molecule is C=C1Nc2ccccc2C12CCN(C(=O)C(=O)Nc1ccc(Cl)cn1)CC2. The number of anilines is 2. The fourth-order valence-corrected chi connectivity index (χ4v) is 3.99. The van der Waals surface area contributed by atoms with Gasteiger partial charge in [-0.15, -0.1) is 0 Å². The molecule has 0 aliphatic carbocycles. The normalized spacial score (nSPS) is 17.4. The number of carbonyl (C=O) groups is 2. The standard InChI is InChI=1S/C20H19ClN4O2/c1-13-20(15-4-2-3-5-16(15)23-13)8-10-25(11-9-20)19(27)18(26)24-17-7-6-14(21)12-22-17/h2-7,12,23H,1,8-11H2,(H,22,24,26). The van der Waals surface area contributed by atoms with Crippen molar-refractivity contribution in [3.63, 3.8) is 0 Å². The summed E-state index contributed by atoms with van der Waals surface area (Å²) < 4.78 is 0. The Morgan fingerprint density at radius 2 is 1.93 bits per heavy atom. The molecule has 1 aromatic carbocycles. The molecule has 2 aromatic rings. The highest BCUT2D eigenvalue weighted by atomic mass is 35.5. The van der Waals surface area contributed by atoms with Gasteiger partial charge in [0.2, 0.25) is 0 Å². The molecule has 2 aliphatic heterocycles. The number of aromatic nitrogens is 1. The van der Waals surface area contributed by atoms with E-state index in [1.54, 1.807) is 17.0 Å². The summed E-state index contributed by atoms with van der Waals surface area (Å²) in [6.45, 7) is 5.19. The van der Waals surface area contributed by atoms with Gasteiger partial charge in [0.25, 0.3) is 0 Å². The number of carbonyl (C=O) groups excluding carboxylic acids is 2. The number of likely N-dealkylation sites (tertiary alicyclic amines) is 1. The van der Waals surface area contributed by atoms with Gasteiger partial charge in [-0.05, 0) is 36.6 Å². The van der Waals surface area contributed by atoms with E-state index in [4.69, 9.17) is 11.6 Å². The summed E-state index contributed by atoms with van der Waals surface area (Å²) in [5, 5.41) is 6.35. The van der Waals surface area contributed by atoms with Crippen LogP contribution in [0.2, 0.25) is 5.02 Å². The molecule has 1 aromatic heterocycles. The molecule has 2 N–H and O–H groups in total. The number of hydrogen-bond acceptors (Lipinski definition) is 4. The van der Waals surface area contributed by atoms with Crippen LogP contribution in [-0.4, -0.2) is 34.8 Å². The van der Waals surface area contributed by atoms with Crippen LogP contribution < -0.4 is 10.6 Å². The van der Waals surface area contributed by atoms with Gasteiger partial charge in [-0.25, -0.2) is 4.98 Å². The third-order valence-electron chi connectivity index (χ3n) is 5.37. The molecule has 0 unspecified atom stereocenters. The zero-order valence-electron chi connectivity index (χ0n) is 14.7. The minimum atomic E-state index is -0.690. The van der Waals surface area contributed by atoms with Crippen LogP contribution >= 0.6 is 11.6 Å². The number of nitrogens with zero attached hydrogens (tertiary/aromatic N) is 2. The first-order valence-corrected chi connectivity index (χ1v) is 9.15. The maximum absolute atomic E-state index is 12.5. The summed E-state index contributed by atoms with van der Waals surface area (Å²) in [6.07, 6.45) is 2.88. The molecule has 3 heterocycles. The molecule has 2 aliphatic rings. The summed E-state index contributed by atoms with van der Waals surface area (Å²) in [4.78, 5) is 30.4. The van der Waals surface area contributed by atoms with E-state index in [1.807, 2.05) is 18.2 Å². The first-order chi connectivity index (χ1) is 13.0. The number of fused-ring (bicyclic) bond motifs is 2. The van der Waals surface area contributed by atoms with Crippen molar-refractivity contribution in [1.82, 2.24) is 9.88 Å². The summed E-state index contributed by atoms with van der Waals surface area (Å²) in [5.74, 6) is -0.940. The molecule has 0 atom stereocenters. The summed E-state index contributed by atoms with van der Waals surface area (Å²) in [5.41, 5.74) is 3.08. The molecule has 0 saturated carbocycles. The van der Waals surface area contributed by atoms with E-state index in [-0.39, 0.29) is 5.41 Å². The number of para-hydroxylation sites is 1. The van der Waals surface area contributed by atoms with Crippen LogP contribution in [-0.2, 0) is 15.0 Å². The van der Waals surface area contributed by atoms with E-state index < -0.39 is 11.8 Å². The molecule has 6 nitrogen and oxygen atoms in total. The predicted octanol–water partition coefficient (Wildman–Crippen LogP) is 3.17. The van der Waals surface area contributed by atoms with Gasteiger partial charge in [-0.3, -0.25) is 9.59 Å². The van der Waals surface area contributed by atoms with E-state index in [0.717, 1.165) is 24.2 Å². The van der Waals surface area contributed by atoms with Crippen molar-refractivity contribution in [2.75, 3.05) is 23.7 Å². The molecular weight excluding hydrogens is 364 g/mol. The van der Waals surface area contributed by atoms with E-state index in [0.29, 0.717) is 23.9 Å². The molecule has 0 radical (unpaired) electrons. The molecule has 2 amide bonds. The Labute approximate surface area is 162 Å². The average molecular weight is 383 g/mol. The second-order valence-corrected chi connectivity index (χ2v) is 7.28. The molecule has 0 bridgehead atoms. The fourth-order valence-electron chi connectivity index (χ4n) is 3.88. The number of pyridine rings is 1. The highest BCUT2D eigenvalue weighted by Crippen LogP contribution is 2.49. The Balaban J connectivity index is 1.43. The van der Waals surface area contributed by atoms with E-state index in [9.17, 15) is 9.59 Å². The molecular formula is C20H19ClN4O2. The number of allylic oxidation sites excluding steroid dienone is 1. The minimum absolute atomic E-state index is 0.179. The Bertz CT molecular complexity index is 918. The van der Waals surface area contributed by atoms with Gasteiger partial charge in [-0.2, -0.15) is 0 Å². The lowest BCUT2D eigenvalue weighted by molar-refractivity contribution is -0.144. The number of benzene rings is 1. The van der Waals surface area contributed by atoms with Crippen molar-refractivity contribution in [1.29, 1.82) is 0 Å². The third-order valence-corrected chi connectivity index (χ3v) is 5.60. The van der Waals surface area contributed by atoms with Gasteiger partial charge in [0.05, 0.1) is 5.02 Å². The van der Waals surface area contributed by atoms with Crippen molar-refractivity contribution in [2.45, 2.75) is 18.3 Å². The van der Waals surface area contributed by atoms with Crippen LogP contribution in [0.25, 0.3) is 0 Å². The Kier molecular flexibility index (Phi) is 4.36. The van der Waals surface area contributed by atoms with Crippen LogP contribution in [0.15, 0.2) is 54.9 Å². The second-order valence-electron chi connectivity index (χ2n) is 6.84. The first kappa shape index (κ1) is 17.5. The average Bonchev–Trinajstić information content (AvgIpc) is 2.95. The molecule has 1 spiro atoms. The second kappa shape index (κ2) is 6.70. The quantitative estimate of drug-likeness (QED) is 0.743.